The van der Waals surface area contributed by atoms with Gasteiger partial charge < -0.3 is 0 Å². The van der Waals surface area contributed by atoms with E-state index in [2.05, 4.69) is 23.4 Å². The summed E-state index contributed by atoms with van der Waals surface area (Å²) in [5.41, 5.74) is 0. The molecule has 0 amide bonds. The monoisotopic (exact) mass is 288 g/mol. The summed E-state index contributed by atoms with van der Waals surface area (Å²) in [7, 11) is 1.21. The smallest absolute Gasteiger partial charge is 0.170 e. The van der Waals surface area contributed by atoms with Crippen LogP contribution < -0.4 is 0 Å². The van der Waals surface area contributed by atoms with Crippen LogP contribution in [-0.4, -0.2) is 53.3 Å². The number of nitrogens with zero attached hydrogens (tertiary/aromatic N) is 4. The fourth-order valence-electron chi connectivity index (χ4n) is 3.66. The molecule has 0 radical (unpaired) electrons. The predicted molar refractivity (Wildman–Crippen MR) is 81.5 cm³/mol. The third-order valence-corrected chi connectivity index (χ3v) is 9.26. The molecule has 18 heavy (non-hydrogen) atoms. The first-order chi connectivity index (χ1) is 8.88. The molecule has 0 bridgehead atoms. The van der Waals surface area contributed by atoms with Crippen LogP contribution in [0.1, 0.15) is 38.5 Å². The Morgan fingerprint density at radius 2 is 0.889 bits per heavy atom. The van der Waals surface area contributed by atoms with E-state index in [0.29, 0.717) is 0 Å². The van der Waals surface area contributed by atoms with Gasteiger partial charge in [-0.2, -0.15) is 0 Å². The first-order valence-corrected chi connectivity index (χ1v) is 9.57. The van der Waals surface area contributed by atoms with Crippen LogP contribution in [0, 0.1) is 0 Å². The van der Waals surface area contributed by atoms with E-state index in [1.165, 1.54) is 77.8 Å². The summed E-state index contributed by atoms with van der Waals surface area (Å²) in [5, 5.41) is 0. The summed E-state index contributed by atoms with van der Waals surface area (Å²) < 4.78 is 13.2. The third-order valence-electron chi connectivity index (χ3n) is 4.54. The van der Waals surface area contributed by atoms with Crippen molar-refractivity contribution in [3.05, 3.63) is 0 Å². The van der Waals surface area contributed by atoms with Crippen LogP contribution in [-0.2, 0) is 0 Å². The maximum atomic E-state index is 4.97. The molecule has 104 valence electrons. The van der Waals surface area contributed by atoms with E-state index >= 15 is 0 Å². The summed E-state index contributed by atoms with van der Waals surface area (Å²) in [4.78, 5) is 0. The third kappa shape index (κ3) is 2.21. The van der Waals surface area contributed by atoms with Gasteiger partial charge >= 0.3 is 0 Å². The van der Waals surface area contributed by atoms with E-state index in [4.69, 9.17) is 4.52 Å². The highest BCUT2D eigenvalue weighted by Gasteiger charge is 2.42. The Kier molecular flexibility index (Phi) is 4.42. The second-order valence-corrected chi connectivity index (χ2v) is 9.33. The Bertz CT molecular complexity index is 281. The van der Waals surface area contributed by atoms with Gasteiger partial charge in [0.25, 0.3) is 0 Å². The van der Waals surface area contributed by atoms with E-state index in [9.17, 15) is 0 Å². The van der Waals surface area contributed by atoms with Crippen LogP contribution in [0.2, 0.25) is 0 Å². The topological polar surface area (TPSA) is 22.1 Å². The molecule has 4 nitrogen and oxygen atoms in total. The van der Waals surface area contributed by atoms with Crippen LogP contribution in [0.15, 0.2) is 4.52 Å². The van der Waals surface area contributed by atoms with E-state index in [0.717, 1.165) is 0 Å². The number of hydrogen-bond donors (Lipinski definition) is 0. The van der Waals surface area contributed by atoms with E-state index in [1.807, 2.05) is 0 Å². The summed E-state index contributed by atoms with van der Waals surface area (Å²) in [6.45, 7) is 7.58. The average molecular weight is 288 g/mol. The summed E-state index contributed by atoms with van der Waals surface area (Å²) >= 11 is 0. The maximum Gasteiger partial charge on any atom is 0.170 e. The molecule has 0 spiro atoms. The predicted octanol–water partition coefficient (Wildman–Crippen LogP) is 3.01. The van der Waals surface area contributed by atoms with Crippen LogP contribution >= 0.6 is 16.9 Å². The molecule has 6 heteroatoms. The molecule has 0 aromatic heterocycles. The minimum Gasteiger partial charge on any atom is -0.246 e. The van der Waals surface area contributed by atoms with Gasteiger partial charge in [0, 0.05) is 39.3 Å². The Morgan fingerprint density at radius 1 is 0.611 bits per heavy atom. The van der Waals surface area contributed by atoms with Crippen molar-refractivity contribution < 1.29 is 0 Å². The molecule has 0 aromatic rings. The molecule has 0 N–H and O–H groups in total. The number of rotatable bonds is 3. The molecule has 1 atom stereocenters. The van der Waals surface area contributed by atoms with Gasteiger partial charge in [0.05, 0.1) is 0 Å². The van der Waals surface area contributed by atoms with Crippen LogP contribution in [0.4, 0.5) is 0 Å². The zero-order valence-corrected chi connectivity index (χ0v) is 13.3. The normalized spacial score (nSPS) is 28.3. The Labute approximate surface area is 114 Å². The molecule has 0 aliphatic carbocycles. The lowest BCUT2D eigenvalue weighted by Crippen LogP contribution is -2.37. The van der Waals surface area contributed by atoms with Gasteiger partial charge in [0.1, 0.15) is 0 Å². The molecule has 1 unspecified atom stereocenters. The molecule has 0 aromatic carbocycles. The van der Waals surface area contributed by atoms with Crippen LogP contribution in [0.3, 0.4) is 0 Å². The van der Waals surface area contributed by atoms with Crippen LogP contribution in [0.5, 0.6) is 0 Å². The Balaban J connectivity index is 1.93. The summed E-state index contributed by atoms with van der Waals surface area (Å²) in [5.74, 6) is 0. The van der Waals surface area contributed by atoms with Crippen molar-refractivity contribution in [2.24, 2.45) is 4.52 Å². The SMILES string of the molecule is PN=P(N1CCCC1)(N1CCCC1)N1CCCC1. The second kappa shape index (κ2) is 5.89. The van der Waals surface area contributed by atoms with Crippen molar-refractivity contribution in [3.63, 3.8) is 0 Å². The van der Waals surface area contributed by atoms with Gasteiger partial charge in [-0.05, 0) is 47.9 Å². The molecule has 3 aliphatic heterocycles. The largest absolute Gasteiger partial charge is 0.246 e. The van der Waals surface area contributed by atoms with Crippen molar-refractivity contribution in [1.82, 2.24) is 14.0 Å². The highest BCUT2D eigenvalue weighted by atomic mass is 31.2. The Hall–Kier alpha value is 0.540. The lowest BCUT2D eigenvalue weighted by Gasteiger charge is -2.45. The molecule has 3 rings (SSSR count). The molecule has 3 aliphatic rings. The minimum atomic E-state index is -1.53. The highest BCUT2D eigenvalue weighted by molar-refractivity contribution is 7.62. The van der Waals surface area contributed by atoms with Crippen LogP contribution in [0.25, 0.3) is 0 Å². The minimum absolute atomic E-state index is 1.26. The van der Waals surface area contributed by atoms with Gasteiger partial charge in [0.15, 0.2) is 7.51 Å². The lowest BCUT2D eigenvalue weighted by molar-refractivity contribution is 0.385. The molecule has 3 heterocycles. The van der Waals surface area contributed by atoms with Gasteiger partial charge in [0.2, 0.25) is 0 Å². The summed E-state index contributed by atoms with van der Waals surface area (Å²) in [6.07, 6.45) is 8.19. The summed E-state index contributed by atoms with van der Waals surface area (Å²) in [6, 6.07) is 0. The molecular formula is C12H26N4P2. The van der Waals surface area contributed by atoms with Gasteiger partial charge in [-0.1, -0.05) is 0 Å². The fourth-order valence-corrected chi connectivity index (χ4v) is 8.95. The van der Waals surface area contributed by atoms with Crippen molar-refractivity contribution in [3.8, 4) is 0 Å². The first kappa shape index (κ1) is 13.5. The second-order valence-electron chi connectivity index (χ2n) is 5.63. The lowest BCUT2D eigenvalue weighted by atomic mass is 10.4. The van der Waals surface area contributed by atoms with Crippen molar-refractivity contribution in [2.45, 2.75) is 38.5 Å². The Morgan fingerprint density at radius 3 is 1.11 bits per heavy atom. The van der Waals surface area contributed by atoms with E-state index in [1.54, 1.807) is 0 Å². The van der Waals surface area contributed by atoms with Gasteiger partial charge in [-0.3, -0.25) is 0 Å². The van der Waals surface area contributed by atoms with Gasteiger partial charge in [-0.25, -0.2) is 18.5 Å². The van der Waals surface area contributed by atoms with Crippen molar-refractivity contribution >= 4 is 16.9 Å². The molecule has 3 fully saturated rings. The molecule has 0 saturated carbocycles. The zero-order valence-electron chi connectivity index (χ0n) is 11.3. The van der Waals surface area contributed by atoms with Crippen molar-refractivity contribution in [1.29, 1.82) is 0 Å². The zero-order chi connectivity index (χ0) is 12.4. The fraction of sp³-hybridized carbons (Fsp3) is 1.00. The van der Waals surface area contributed by atoms with Gasteiger partial charge in [-0.15, -0.1) is 0 Å². The van der Waals surface area contributed by atoms with E-state index in [-0.39, 0.29) is 0 Å². The highest BCUT2D eigenvalue weighted by Crippen LogP contribution is 2.63. The first-order valence-electron chi connectivity index (χ1n) is 7.46. The van der Waals surface area contributed by atoms with Crippen molar-refractivity contribution in [2.75, 3.05) is 39.3 Å². The quantitative estimate of drug-likeness (QED) is 0.745. The molecular weight excluding hydrogens is 262 g/mol. The molecule has 3 saturated heterocycles. The standard InChI is InChI=1S/C12H26N4P2/c17-13-18(14-7-1-2-8-14,15-9-3-4-10-15)16-11-5-6-12-16/h1-12,17H2. The number of hydrogen-bond acceptors (Lipinski definition) is 1. The maximum absolute atomic E-state index is 4.97. The average Bonchev–Trinajstić information content (AvgIpc) is 3.16. The van der Waals surface area contributed by atoms with E-state index < -0.39 is 7.51 Å².